The number of carbonyl (C=O) groups excluding carboxylic acids is 1. The standard InChI is InChI=1S/C19H16F2N4O/c1-12-2-4-13(5-3-12)10-19(26)23-18-9-8-17(24-25-18)22-16-7-6-14(20)11-15(16)21/h2-9,11H,10H2,1H3,(H,22,24)(H,23,25,26). The van der Waals surface area contributed by atoms with Crippen molar-refractivity contribution in [3.8, 4) is 0 Å². The third kappa shape index (κ3) is 4.60. The predicted molar refractivity (Wildman–Crippen MR) is 95.2 cm³/mol. The molecule has 0 unspecified atom stereocenters. The van der Waals surface area contributed by atoms with Crippen LogP contribution in [0.3, 0.4) is 0 Å². The summed E-state index contributed by atoms with van der Waals surface area (Å²) in [5.74, 6) is -1.05. The van der Waals surface area contributed by atoms with Gasteiger partial charge in [0, 0.05) is 6.07 Å². The summed E-state index contributed by atoms with van der Waals surface area (Å²) in [6, 6.07) is 13.9. The molecule has 26 heavy (non-hydrogen) atoms. The van der Waals surface area contributed by atoms with Crippen LogP contribution in [0.25, 0.3) is 0 Å². The number of hydrogen-bond acceptors (Lipinski definition) is 4. The summed E-state index contributed by atoms with van der Waals surface area (Å²) in [4.78, 5) is 12.0. The van der Waals surface area contributed by atoms with Gasteiger partial charge < -0.3 is 10.6 Å². The molecule has 3 rings (SSSR count). The minimum atomic E-state index is -0.734. The lowest BCUT2D eigenvalue weighted by Crippen LogP contribution is -2.15. The number of nitrogens with one attached hydrogen (secondary N) is 2. The summed E-state index contributed by atoms with van der Waals surface area (Å²) in [6.07, 6.45) is 0.225. The molecular formula is C19H16F2N4O. The van der Waals surface area contributed by atoms with E-state index >= 15 is 0 Å². The Morgan fingerprint density at radius 1 is 0.962 bits per heavy atom. The van der Waals surface area contributed by atoms with Crippen LogP contribution in [0.15, 0.2) is 54.6 Å². The fourth-order valence-electron chi connectivity index (χ4n) is 2.27. The summed E-state index contributed by atoms with van der Waals surface area (Å²) >= 11 is 0. The third-order valence-electron chi connectivity index (χ3n) is 3.61. The van der Waals surface area contributed by atoms with Crippen LogP contribution in [0.2, 0.25) is 0 Å². The summed E-state index contributed by atoms with van der Waals surface area (Å²) in [6.45, 7) is 1.98. The van der Waals surface area contributed by atoms with Gasteiger partial charge in [-0.15, -0.1) is 10.2 Å². The molecule has 0 atom stereocenters. The van der Waals surface area contributed by atoms with Gasteiger partial charge in [-0.3, -0.25) is 4.79 Å². The number of nitrogens with zero attached hydrogens (tertiary/aromatic N) is 2. The quantitative estimate of drug-likeness (QED) is 0.727. The van der Waals surface area contributed by atoms with Crippen LogP contribution in [0.5, 0.6) is 0 Å². The van der Waals surface area contributed by atoms with Crippen LogP contribution >= 0.6 is 0 Å². The topological polar surface area (TPSA) is 66.9 Å². The Hall–Kier alpha value is -3.35. The fourth-order valence-corrected chi connectivity index (χ4v) is 2.27. The molecule has 3 aromatic rings. The van der Waals surface area contributed by atoms with Crippen molar-refractivity contribution in [3.05, 3.63) is 77.4 Å². The summed E-state index contributed by atoms with van der Waals surface area (Å²) in [5.41, 5.74) is 2.10. The Labute approximate surface area is 149 Å². The number of rotatable bonds is 5. The molecule has 1 heterocycles. The molecule has 0 spiro atoms. The van der Waals surface area contributed by atoms with Gasteiger partial charge >= 0.3 is 0 Å². The number of anilines is 3. The van der Waals surface area contributed by atoms with Gasteiger partial charge in [-0.05, 0) is 36.8 Å². The minimum Gasteiger partial charge on any atom is -0.336 e. The zero-order chi connectivity index (χ0) is 18.5. The second-order valence-electron chi connectivity index (χ2n) is 5.76. The average molecular weight is 354 g/mol. The van der Waals surface area contributed by atoms with Crippen LogP contribution in [0.4, 0.5) is 26.1 Å². The summed E-state index contributed by atoms with van der Waals surface area (Å²) in [5, 5.41) is 13.1. The van der Waals surface area contributed by atoms with Gasteiger partial charge in [0.2, 0.25) is 5.91 Å². The highest BCUT2D eigenvalue weighted by atomic mass is 19.1. The van der Waals surface area contributed by atoms with Crippen LogP contribution in [-0.4, -0.2) is 16.1 Å². The first-order valence-electron chi connectivity index (χ1n) is 7.91. The number of halogens is 2. The van der Waals surface area contributed by atoms with Crippen molar-refractivity contribution >= 4 is 23.2 Å². The second kappa shape index (κ2) is 7.69. The molecule has 0 fully saturated rings. The molecule has 1 aromatic heterocycles. The van der Waals surface area contributed by atoms with Gasteiger partial charge in [0.15, 0.2) is 11.6 Å². The van der Waals surface area contributed by atoms with E-state index in [0.29, 0.717) is 0 Å². The normalized spacial score (nSPS) is 10.4. The molecule has 0 saturated heterocycles. The monoisotopic (exact) mass is 354 g/mol. The number of aryl methyl sites for hydroxylation is 1. The Morgan fingerprint density at radius 3 is 2.31 bits per heavy atom. The lowest BCUT2D eigenvalue weighted by atomic mass is 10.1. The van der Waals surface area contributed by atoms with Crippen molar-refractivity contribution < 1.29 is 13.6 Å². The van der Waals surface area contributed by atoms with E-state index in [9.17, 15) is 13.6 Å². The molecule has 0 radical (unpaired) electrons. The van der Waals surface area contributed by atoms with E-state index in [-0.39, 0.29) is 29.7 Å². The fraction of sp³-hybridized carbons (Fsp3) is 0.105. The molecule has 0 bridgehead atoms. The molecule has 0 aliphatic carbocycles. The average Bonchev–Trinajstić information content (AvgIpc) is 2.61. The summed E-state index contributed by atoms with van der Waals surface area (Å²) < 4.78 is 26.5. The van der Waals surface area contributed by atoms with Crippen LogP contribution in [0, 0.1) is 18.6 Å². The molecule has 0 aliphatic heterocycles. The number of amides is 1. The number of carbonyl (C=O) groups is 1. The molecular weight excluding hydrogens is 338 g/mol. The van der Waals surface area contributed by atoms with Crippen molar-refractivity contribution in [2.45, 2.75) is 13.3 Å². The zero-order valence-electron chi connectivity index (χ0n) is 14.0. The van der Waals surface area contributed by atoms with E-state index in [0.717, 1.165) is 23.3 Å². The zero-order valence-corrected chi connectivity index (χ0v) is 14.0. The molecule has 5 nitrogen and oxygen atoms in total. The maximum absolute atomic E-state index is 13.6. The first-order chi connectivity index (χ1) is 12.5. The molecule has 0 aliphatic rings. The van der Waals surface area contributed by atoms with Gasteiger partial charge in [-0.1, -0.05) is 29.8 Å². The van der Waals surface area contributed by atoms with Gasteiger partial charge in [0.1, 0.15) is 11.6 Å². The van der Waals surface area contributed by atoms with Crippen LogP contribution < -0.4 is 10.6 Å². The van der Waals surface area contributed by atoms with Crippen molar-refractivity contribution in [2.24, 2.45) is 0 Å². The van der Waals surface area contributed by atoms with Crippen molar-refractivity contribution in [2.75, 3.05) is 10.6 Å². The van der Waals surface area contributed by atoms with E-state index in [1.54, 1.807) is 6.07 Å². The molecule has 0 saturated carbocycles. The van der Waals surface area contributed by atoms with Crippen molar-refractivity contribution in [3.63, 3.8) is 0 Å². The smallest absolute Gasteiger partial charge is 0.229 e. The van der Waals surface area contributed by atoms with E-state index in [1.807, 2.05) is 31.2 Å². The van der Waals surface area contributed by atoms with Gasteiger partial charge in [0.25, 0.3) is 0 Å². The van der Waals surface area contributed by atoms with Crippen LogP contribution in [0.1, 0.15) is 11.1 Å². The Kier molecular flexibility index (Phi) is 5.17. The number of aromatic nitrogens is 2. The molecule has 2 aromatic carbocycles. The summed E-state index contributed by atoms with van der Waals surface area (Å²) in [7, 11) is 0. The lowest BCUT2D eigenvalue weighted by molar-refractivity contribution is -0.115. The SMILES string of the molecule is Cc1ccc(CC(=O)Nc2ccc(Nc3ccc(F)cc3F)nn2)cc1. The number of hydrogen-bond donors (Lipinski definition) is 2. The van der Waals surface area contributed by atoms with Crippen LogP contribution in [-0.2, 0) is 11.2 Å². The second-order valence-corrected chi connectivity index (χ2v) is 5.76. The van der Waals surface area contributed by atoms with Crippen molar-refractivity contribution in [1.82, 2.24) is 10.2 Å². The minimum absolute atomic E-state index is 0.0804. The van der Waals surface area contributed by atoms with Gasteiger partial charge in [0.05, 0.1) is 12.1 Å². The molecule has 7 heteroatoms. The molecule has 1 amide bonds. The molecule has 2 N–H and O–H groups in total. The maximum atomic E-state index is 13.6. The highest BCUT2D eigenvalue weighted by Gasteiger charge is 2.08. The molecule has 132 valence electrons. The number of benzene rings is 2. The lowest BCUT2D eigenvalue weighted by Gasteiger charge is -2.08. The predicted octanol–water partition coefficient (Wildman–Crippen LogP) is 3.99. The highest BCUT2D eigenvalue weighted by molar-refractivity contribution is 5.91. The van der Waals surface area contributed by atoms with Crippen molar-refractivity contribution in [1.29, 1.82) is 0 Å². The Morgan fingerprint density at radius 2 is 1.65 bits per heavy atom. The first-order valence-corrected chi connectivity index (χ1v) is 7.91. The largest absolute Gasteiger partial charge is 0.336 e. The third-order valence-corrected chi connectivity index (χ3v) is 3.61. The Balaban J connectivity index is 1.60. The van der Waals surface area contributed by atoms with E-state index in [4.69, 9.17) is 0 Å². The van der Waals surface area contributed by atoms with E-state index in [1.165, 1.54) is 12.1 Å². The van der Waals surface area contributed by atoms with Gasteiger partial charge in [-0.25, -0.2) is 8.78 Å². The highest BCUT2D eigenvalue weighted by Crippen LogP contribution is 2.19. The van der Waals surface area contributed by atoms with E-state index in [2.05, 4.69) is 20.8 Å². The maximum Gasteiger partial charge on any atom is 0.229 e. The first kappa shape index (κ1) is 17.5. The van der Waals surface area contributed by atoms with Gasteiger partial charge in [-0.2, -0.15) is 0 Å². The Bertz CT molecular complexity index is 912. The van der Waals surface area contributed by atoms with E-state index < -0.39 is 11.6 Å².